The average Bonchev–Trinajstić information content (AvgIpc) is 3.16. The van der Waals surface area contributed by atoms with Crippen LogP contribution in [-0.4, -0.2) is 48.0 Å². The summed E-state index contributed by atoms with van der Waals surface area (Å²) in [6.07, 6.45) is 3.59. The average molecular weight is 303 g/mol. The molecule has 1 atom stereocenters. The van der Waals surface area contributed by atoms with E-state index < -0.39 is 0 Å². The summed E-state index contributed by atoms with van der Waals surface area (Å²) in [5, 5.41) is 8.72. The molecule has 0 saturated carbocycles. The lowest BCUT2D eigenvalue weighted by Gasteiger charge is -2.15. The number of nitrogens with zero attached hydrogens (tertiary/aromatic N) is 2. The summed E-state index contributed by atoms with van der Waals surface area (Å²) in [5.74, 6) is 0.905. The minimum absolute atomic E-state index is 0.181. The van der Waals surface area contributed by atoms with Crippen LogP contribution < -0.4 is 4.74 Å². The van der Waals surface area contributed by atoms with Crippen LogP contribution in [0.5, 0.6) is 5.75 Å². The maximum absolute atomic E-state index is 6.00. The first kappa shape index (κ1) is 15.3. The molecule has 2 heterocycles. The van der Waals surface area contributed by atoms with E-state index in [-0.39, 0.29) is 6.10 Å². The summed E-state index contributed by atoms with van der Waals surface area (Å²) < 4.78 is 11.4. The number of hydrogen-bond acceptors (Lipinski definition) is 4. The van der Waals surface area contributed by atoms with E-state index in [1.54, 1.807) is 0 Å². The van der Waals surface area contributed by atoms with E-state index in [1.165, 1.54) is 12.8 Å². The van der Waals surface area contributed by atoms with E-state index in [2.05, 4.69) is 35.1 Å². The third-order valence-electron chi connectivity index (χ3n) is 4.12. The molecule has 0 amide bonds. The summed E-state index contributed by atoms with van der Waals surface area (Å²) >= 11 is 0. The third-order valence-corrected chi connectivity index (χ3v) is 4.12. The fourth-order valence-electron chi connectivity index (χ4n) is 2.81. The number of hydrogen-bond donors (Lipinski definition) is 1. The molecule has 1 aromatic carbocycles. The van der Waals surface area contributed by atoms with Crippen LogP contribution in [-0.2, 0) is 11.3 Å². The summed E-state index contributed by atoms with van der Waals surface area (Å²) in [5.41, 5.74) is 2.15. The number of benzene rings is 1. The third kappa shape index (κ3) is 3.59. The highest BCUT2D eigenvalue weighted by Crippen LogP contribution is 2.25. The molecule has 5 heteroatoms. The molecule has 0 radical (unpaired) electrons. The Morgan fingerprint density at radius 3 is 3.14 bits per heavy atom. The zero-order chi connectivity index (χ0) is 15.4. The fraction of sp³-hybridized carbons (Fsp3) is 0.588. The van der Waals surface area contributed by atoms with Crippen LogP contribution in [0.15, 0.2) is 18.2 Å². The minimum atomic E-state index is 0.181. The van der Waals surface area contributed by atoms with Gasteiger partial charge in [0.25, 0.3) is 0 Å². The van der Waals surface area contributed by atoms with E-state index in [4.69, 9.17) is 9.47 Å². The smallest absolute Gasteiger partial charge is 0.124 e. The van der Waals surface area contributed by atoms with Gasteiger partial charge in [-0.2, -0.15) is 5.10 Å². The van der Waals surface area contributed by atoms with E-state index in [1.807, 2.05) is 12.1 Å². The highest BCUT2D eigenvalue weighted by atomic mass is 16.5. The number of H-pyrrole nitrogens is 1. The predicted octanol–water partition coefficient (Wildman–Crippen LogP) is 2.96. The molecule has 2 aromatic rings. The molecule has 0 spiro atoms. The van der Waals surface area contributed by atoms with Gasteiger partial charge >= 0.3 is 0 Å². The second-order valence-corrected chi connectivity index (χ2v) is 6.08. The second-order valence-electron chi connectivity index (χ2n) is 6.08. The maximum atomic E-state index is 6.00. The van der Waals surface area contributed by atoms with Gasteiger partial charge in [-0.05, 0) is 38.2 Å². The standard InChI is InChI=1S/C17H25N3O2/c1-3-4-8-20(2)11-17-15-10-13(5-6-16(15)18-19-17)22-14-7-9-21-12-14/h5-6,10,14H,3-4,7-9,11-12H2,1-2H3,(H,18,19). The van der Waals surface area contributed by atoms with E-state index in [9.17, 15) is 0 Å². The SMILES string of the molecule is CCCCN(C)Cc1[nH]nc2ccc(OC3CCOC3)cc12. The molecule has 1 aliphatic rings. The van der Waals surface area contributed by atoms with Gasteiger partial charge in [-0.15, -0.1) is 0 Å². The van der Waals surface area contributed by atoms with Crippen molar-refractivity contribution in [1.29, 1.82) is 0 Å². The van der Waals surface area contributed by atoms with Gasteiger partial charge in [0.15, 0.2) is 0 Å². The second kappa shape index (κ2) is 7.11. The van der Waals surface area contributed by atoms with Gasteiger partial charge < -0.3 is 14.4 Å². The number of aromatic nitrogens is 2. The van der Waals surface area contributed by atoms with Crippen LogP contribution >= 0.6 is 0 Å². The Morgan fingerprint density at radius 2 is 2.36 bits per heavy atom. The highest BCUT2D eigenvalue weighted by Gasteiger charge is 2.18. The summed E-state index contributed by atoms with van der Waals surface area (Å²) in [6, 6.07) is 6.11. The molecule has 1 N–H and O–H groups in total. The number of rotatable bonds is 7. The van der Waals surface area contributed by atoms with Gasteiger partial charge in [-0.1, -0.05) is 13.3 Å². The minimum Gasteiger partial charge on any atom is -0.488 e. The molecule has 1 saturated heterocycles. The van der Waals surface area contributed by atoms with Gasteiger partial charge in [-0.3, -0.25) is 5.10 Å². The van der Waals surface area contributed by atoms with Crippen molar-refractivity contribution in [2.24, 2.45) is 0 Å². The summed E-state index contributed by atoms with van der Waals surface area (Å²) in [7, 11) is 2.15. The van der Waals surface area contributed by atoms with E-state index in [0.29, 0.717) is 6.61 Å². The monoisotopic (exact) mass is 303 g/mol. The summed E-state index contributed by atoms with van der Waals surface area (Å²) in [6.45, 7) is 5.69. The molecule has 1 aliphatic heterocycles. The quantitative estimate of drug-likeness (QED) is 0.854. The Hall–Kier alpha value is -1.59. The molecule has 0 aliphatic carbocycles. The molecule has 1 fully saturated rings. The zero-order valence-electron chi connectivity index (χ0n) is 13.5. The molecular weight excluding hydrogens is 278 g/mol. The number of fused-ring (bicyclic) bond motifs is 1. The van der Waals surface area contributed by atoms with E-state index >= 15 is 0 Å². The predicted molar refractivity (Wildman–Crippen MR) is 87.2 cm³/mol. The van der Waals surface area contributed by atoms with Crippen molar-refractivity contribution in [3.8, 4) is 5.75 Å². The topological polar surface area (TPSA) is 50.4 Å². The van der Waals surface area contributed by atoms with Crippen molar-refractivity contribution in [2.75, 3.05) is 26.8 Å². The van der Waals surface area contributed by atoms with Crippen molar-refractivity contribution < 1.29 is 9.47 Å². The zero-order valence-corrected chi connectivity index (χ0v) is 13.5. The Labute approximate surface area is 131 Å². The number of ether oxygens (including phenoxy) is 2. The Bertz CT molecular complexity index is 605. The van der Waals surface area contributed by atoms with Crippen LogP contribution in [0.3, 0.4) is 0 Å². The lowest BCUT2D eigenvalue weighted by Crippen LogP contribution is -2.19. The molecule has 1 aromatic heterocycles. The molecule has 0 bridgehead atoms. The van der Waals surface area contributed by atoms with Crippen LogP contribution in [0.4, 0.5) is 0 Å². The first-order chi connectivity index (χ1) is 10.8. The lowest BCUT2D eigenvalue weighted by atomic mass is 10.2. The maximum Gasteiger partial charge on any atom is 0.124 e. The van der Waals surface area contributed by atoms with Crippen molar-refractivity contribution >= 4 is 10.9 Å². The lowest BCUT2D eigenvalue weighted by molar-refractivity contribution is 0.141. The van der Waals surface area contributed by atoms with Gasteiger partial charge in [-0.25, -0.2) is 0 Å². The summed E-state index contributed by atoms with van der Waals surface area (Å²) in [4.78, 5) is 2.33. The highest BCUT2D eigenvalue weighted by molar-refractivity contribution is 5.82. The number of nitrogens with one attached hydrogen (secondary N) is 1. The molecule has 22 heavy (non-hydrogen) atoms. The number of unbranched alkanes of at least 4 members (excludes halogenated alkanes) is 1. The Balaban J connectivity index is 1.73. The van der Waals surface area contributed by atoms with Crippen LogP contribution in [0, 0.1) is 0 Å². The van der Waals surface area contributed by atoms with Crippen molar-refractivity contribution in [1.82, 2.24) is 15.1 Å². The van der Waals surface area contributed by atoms with Crippen molar-refractivity contribution in [3.05, 3.63) is 23.9 Å². The molecular formula is C17H25N3O2. The number of aromatic amines is 1. The van der Waals surface area contributed by atoms with Gasteiger partial charge in [0, 0.05) is 18.4 Å². The Morgan fingerprint density at radius 1 is 1.45 bits per heavy atom. The van der Waals surface area contributed by atoms with Crippen molar-refractivity contribution in [2.45, 2.75) is 38.8 Å². The molecule has 120 valence electrons. The first-order valence-corrected chi connectivity index (χ1v) is 8.16. The van der Waals surface area contributed by atoms with Crippen LogP contribution in [0.25, 0.3) is 10.9 Å². The molecule has 1 unspecified atom stereocenters. The van der Waals surface area contributed by atoms with E-state index in [0.717, 1.165) is 48.5 Å². The van der Waals surface area contributed by atoms with Crippen molar-refractivity contribution in [3.63, 3.8) is 0 Å². The Kier molecular flexibility index (Phi) is 4.95. The van der Waals surface area contributed by atoms with Crippen LogP contribution in [0.1, 0.15) is 31.9 Å². The van der Waals surface area contributed by atoms with Gasteiger partial charge in [0.05, 0.1) is 24.4 Å². The molecule has 3 rings (SSSR count). The fourth-order valence-corrected chi connectivity index (χ4v) is 2.81. The normalized spacial score (nSPS) is 18.4. The van der Waals surface area contributed by atoms with Gasteiger partial charge in [0.1, 0.15) is 11.9 Å². The van der Waals surface area contributed by atoms with Crippen LogP contribution in [0.2, 0.25) is 0 Å². The first-order valence-electron chi connectivity index (χ1n) is 8.16. The largest absolute Gasteiger partial charge is 0.488 e. The molecule has 5 nitrogen and oxygen atoms in total. The van der Waals surface area contributed by atoms with Gasteiger partial charge in [0.2, 0.25) is 0 Å².